The zero-order valence-electron chi connectivity index (χ0n) is 21.5. The monoisotopic (exact) mass is 614 g/mol. The Morgan fingerprint density at radius 3 is 2.77 bits per heavy atom. The number of piperidine rings is 1. The van der Waals surface area contributed by atoms with E-state index in [-0.39, 0.29) is 24.2 Å². The smallest absolute Gasteiger partial charge is 0.289 e. The molecule has 11 heteroatoms. The van der Waals surface area contributed by atoms with E-state index in [2.05, 4.69) is 14.7 Å². The molecular formula is C29H28Cl2N4O3S2. The van der Waals surface area contributed by atoms with Gasteiger partial charge in [0.2, 0.25) is 0 Å². The molecule has 0 bridgehead atoms. The van der Waals surface area contributed by atoms with Gasteiger partial charge in [-0.1, -0.05) is 47.3 Å². The first-order chi connectivity index (χ1) is 19.0. The van der Waals surface area contributed by atoms with E-state index in [1.165, 1.54) is 23.5 Å². The van der Waals surface area contributed by atoms with Crippen LogP contribution in [0.1, 0.15) is 41.9 Å². The van der Waals surface area contributed by atoms with Gasteiger partial charge in [0.15, 0.2) is 10.9 Å². The van der Waals surface area contributed by atoms with E-state index in [9.17, 15) is 9.59 Å². The molecule has 6 rings (SSSR count). The molecule has 4 aromatic rings. The molecule has 1 aromatic carbocycles. The maximum absolute atomic E-state index is 13.0. The fourth-order valence-electron chi connectivity index (χ4n) is 5.00. The van der Waals surface area contributed by atoms with Gasteiger partial charge in [0.1, 0.15) is 5.65 Å². The first kappa shape index (κ1) is 28.7. The van der Waals surface area contributed by atoms with Gasteiger partial charge in [-0.2, -0.15) is 0 Å². The zero-order chi connectivity index (χ0) is 26.8. The molecule has 1 N–H and O–H groups in total. The van der Waals surface area contributed by atoms with Crippen LogP contribution < -0.4 is 5.32 Å². The molecule has 208 valence electrons. The maximum Gasteiger partial charge on any atom is 0.289 e. The third kappa shape index (κ3) is 6.38. The lowest BCUT2D eigenvalue weighted by Gasteiger charge is -2.31. The standard InChI is InChI=1S/C29H27ClN4O3S2.ClH/c30-20-5-1-6-22(16-20)38-27-10-9-23(37-27)29(36)33-14-11-19(12-15-33)4-3-13-31-28(35)24-17-21-18-32-25-7-2-8-26(39-24)34(21)25;/h1-2,5-10,16-19H,3-4,11-15H2,(H,31,35);1H. The van der Waals surface area contributed by atoms with Gasteiger partial charge < -0.3 is 14.6 Å². The maximum atomic E-state index is 13.0. The molecular weight excluding hydrogens is 587 g/mol. The second-order valence-electron chi connectivity index (χ2n) is 9.66. The molecule has 0 spiro atoms. The third-order valence-corrected chi connectivity index (χ3v) is 9.22. The van der Waals surface area contributed by atoms with Crippen LogP contribution in [0.3, 0.4) is 0 Å². The van der Waals surface area contributed by atoms with Gasteiger partial charge in [0.05, 0.1) is 21.8 Å². The zero-order valence-corrected chi connectivity index (χ0v) is 24.8. The Morgan fingerprint density at radius 1 is 1.12 bits per heavy atom. The fraction of sp³-hybridized carbons (Fsp3) is 0.276. The van der Waals surface area contributed by atoms with Crippen molar-refractivity contribution in [3.8, 4) is 0 Å². The number of amides is 2. The van der Waals surface area contributed by atoms with Gasteiger partial charge in [-0.3, -0.25) is 14.0 Å². The minimum absolute atomic E-state index is 0. The number of imidazole rings is 1. The number of furan rings is 1. The lowest BCUT2D eigenvalue weighted by Crippen LogP contribution is -2.38. The molecule has 2 aliphatic heterocycles. The van der Waals surface area contributed by atoms with Gasteiger partial charge in [-0.15, -0.1) is 12.4 Å². The van der Waals surface area contributed by atoms with Crippen molar-refractivity contribution in [1.29, 1.82) is 0 Å². The van der Waals surface area contributed by atoms with Crippen molar-refractivity contribution in [2.75, 3.05) is 19.6 Å². The quantitative estimate of drug-likeness (QED) is 0.214. The number of benzene rings is 1. The highest BCUT2D eigenvalue weighted by molar-refractivity contribution is 8.04. The number of pyridine rings is 1. The number of halogens is 2. The van der Waals surface area contributed by atoms with Crippen LogP contribution in [0, 0.1) is 5.92 Å². The fourth-order valence-corrected chi connectivity index (χ4v) is 7.09. The molecule has 0 aliphatic carbocycles. The largest absolute Gasteiger partial charge is 0.444 e. The van der Waals surface area contributed by atoms with Crippen LogP contribution in [0.5, 0.6) is 0 Å². The molecule has 0 atom stereocenters. The number of hydrogen-bond acceptors (Lipinski definition) is 6. The van der Waals surface area contributed by atoms with Crippen molar-refractivity contribution >= 4 is 71.1 Å². The van der Waals surface area contributed by atoms with Crippen LogP contribution in [-0.2, 0) is 4.79 Å². The molecule has 1 fully saturated rings. The Kier molecular flexibility index (Phi) is 9.15. The number of nitrogens with one attached hydrogen (secondary N) is 1. The van der Waals surface area contributed by atoms with Crippen LogP contribution in [-0.4, -0.2) is 45.7 Å². The number of aromatic nitrogens is 2. The summed E-state index contributed by atoms with van der Waals surface area (Å²) >= 11 is 8.98. The second-order valence-corrected chi connectivity index (χ2v) is 12.2. The summed E-state index contributed by atoms with van der Waals surface area (Å²) in [6.07, 6.45) is 7.56. The van der Waals surface area contributed by atoms with Crippen LogP contribution in [0.4, 0.5) is 0 Å². The van der Waals surface area contributed by atoms with Crippen LogP contribution in [0.2, 0.25) is 5.02 Å². The number of hydrogen-bond donors (Lipinski definition) is 1. The SMILES string of the molecule is Cl.O=C(NCCCC1CCN(C(=O)c2ccc(Sc3cccc(Cl)c3)o2)CC1)C1=Cc2cnc3cccc(n23)S1. The first-order valence-corrected chi connectivity index (χ1v) is 15.0. The number of rotatable bonds is 8. The Labute approximate surface area is 252 Å². The number of carbonyl (C=O) groups excluding carboxylic acids is 2. The number of likely N-dealkylation sites (tertiary alicyclic amines) is 1. The van der Waals surface area contributed by atoms with E-state index < -0.39 is 0 Å². The second kappa shape index (κ2) is 12.8. The molecule has 0 unspecified atom stereocenters. The van der Waals surface area contributed by atoms with E-state index in [0.29, 0.717) is 33.2 Å². The van der Waals surface area contributed by atoms with Crippen LogP contribution in [0.25, 0.3) is 11.7 Å². The summed E-state index contributed by atoms with van der Waals surface area (Å²) < 4.78 is 7.89. The normalized spacial score (nSPS) is 15.0. The first-order valence-electron chi connectivity index (χ1n) is 13.0. The summed E-state index contributed by atoms with van der Waals surface area (Å²) in [6, 6.07) is 17.1. The lowest BCUT2D eigenvalue weighted by molar-refractivity contribution is -0.116. The number of carbonyl (C=O) groups is 2. The van der Waals surface area contributed by atoms with Crippen molar-refractivity contribution < 1.29 is 14.0 Å². The van der Waals surface area contributed by atoms with E-state index >= 15 is 0 Å². The van der Waals surface area contributed by atoms with Crippen molar-refractivity contribution in [1.82, 2.24) is 19.6 Å². The van der Waals surface area contributed by atoms with E-state index in [4.69, 9.17) is 16.0 Å². The predicted octanol–water partition coefficient (Wildman–Crippen LogP) is 7.05. The van der Waals surface area contributed by atoms with Gasteiger partial charge in [-0.25, -0.2) is 4.98 Å². The van der Waals surface area contributed by atoms with Gasteiger partial charge >= 0.3 is 0 Å². The minimum atomic E-state index is -0.0612. The Hall–Kier alpha value is -2.85. The molecule has 3 aromatic heterocycles. The van der Waals surface area contributed by atoms with Crippen LogP contribution >= 0.6 is 47.5 Å². The Morgan fingerprint density at radius 2 is 1.95 bits per heavy atom. The predicted molar refractivity (Wildman–Crippen MR) is 161 cm³/mol. The van der Waals surface area contributed by atoms with Gasteiger partial charge in [0, 0.05) is 29.6 Å². The Bertz CT molecular complexity index is 1560. The molecule has 5 heterocycles. The van der Waals surface area contributed by atoms with Crippen LogP contribution in [0.15, 0.2) is 85.1 Å². The average molecular weight is 616 g/mol. The van der Waals surface area contributed by atoms with E-state index in [0.717, 1.165) is 60.0 Å². The summed E-state index contributed by atoms with van der Waals surface area (Å²) in [4.78, 5) is 33.7. The third-order valence-electron chi connectivity index (χ3n) is 7.02. The highest BCUT2D eigenvalue weighted by Crippen LogP contribution is 2.34. The average Bonchev–Trinajstić information content (AvgIpc) is 3.59. The summed E-state index contributed by atoms with van der Waals surface area (Å²) in [5.74, 6) is 0.812. The summed E-state index contributed by atoms with van der Waals surface area (Å²) in [7, 11) is 0. The molecule has 2 aliphatic rings. The van der Waals surface area contributed by atoms with Crippen molar-refractivity contribution in [3.63, 3.8) is 0 Å². The van der Waals surface area contributed by atoms with E-state index in [1.807, 2.05) is 59.5 Å². The molecule has 1 saturated heterocycles. The molecule has 40 heavy (non-hydrogen) atoms. The number of thioether (sulfide) groups is 1. The van der Waals surface area contributed by atoms with Gasteiger partial charge in [0.25, 0.3) is 11.8 Å². The molecule has 0 saturated carbocycles. The number of nitrogens with zero attached hydrogens (tertiary/aromatic N) is 3. The minimum Gasteiger partial charge on any atom is -0.444 e. The summed E-state index contributed by atoms with van der Waals surface area (Å²) in [6.45, 7) is 2.07. The van der Waals surface area contributed by atoms with E-state index in [1.54, 1.807) is 12.3 Å². The summed E-state index contributed by atoms with van der Waals surface area (Å²) in [5, 5.41) is 5.41. The van der Waals surface area contributed by atoms with Crippen molar-refractivity contribution in [2.45, 2.75) is 40.7 Å². The Balaban J connectivity index is 0.00000323. The lowest BCUT2D eigenvalue weighted by atomic mass is 9.92. The van der Waals surface area contributed by atoms with Crippen molar-refractivity contribution in [2.24, 2.45) is 5.92 Å². The molecule has 7 nitrogen and oxygen atoms in total. The molecule has 2 amide bonds. The summed E-state index contributed by atoms with van der Waals surface area (Å²) in [5.41, 5.74) is 1.82. The highest BCUT2D eigenvalue weighted by atomic mass is 35.5. The highest BCUT2D eigenvalue weighted by Gasteiger charge is 2.26. The van der Waals surface area contributed by atoms with Gasteiger partial charge in [-0.05, 0) is 80.1 Å². The van der Waals surface area contributed by atoms with Crippen molar-refractivity contribution in [3.05, 3.63) is 82.2 Å². The topological polar surface area (TPSA) is 79.8 Å². The molecule has 0 radical (unpaired) electrons.